The van der Waals surface area contributed by atoms with Crippen LogP contribution < -0.4 is 5.32 Å². The lowest BCUT2D eigenvalue weighted by Gasteiger charge is -2.21. The minimum absolute atomic E-state index is 0.157. The molecule has 0 aliphatic heterocycles. The summed E-state index contributed by atoms with van der Waals surface area (Å²) in [5.74, 6) is -1.04. The summed E-state index contributed by atoms with van der Waals surface area (Å²) in [6.45, 7) is 7.17. The van der Waals surface area contributed by atoms with E-state index >= 15 is 0 Å². The first-order valence-corrected chi connectivity index (χ1v) is 7.97. The van der Waals surface area contributed by atoms with Crippen molar-refractivity contribution in [2.45, 2.75) is 45.2 Å². The molecule has 2 atom stereocenters. The fourth-order valence-electron chi connectivity index (χ4n) is 1.99. The largest absolute Gasteiger partial charge is 0.480 e. The van der Waals surface area contributed by atoms with Gasteiger partial charge in [-0.25, -0.2) is 14.8 Å². The molecule has 6 nitrogen and oxygen atoms in total. The predicted octanol–water partition coefficient (Wildman–Crippen LogP) is 2.04. The number of nitrogens with one attached hydrogen (secondary N) is 1. The molecule has 0 aliphatic rings. The number of thioether (sulfide) groups is 1. The maximum atomic E-state index is 12.4. The van der Waals surface area contributed by atoms with E-state index in [4.69, 9.17) is 0 Å². The van der Waals surface area contributed by atoms with Gasteiger partial charge in [0, 0.05) is 0 Å². The van der Waals surface area contributed by atoms with Gasteiger partial charge in [-0.05, 0) is 26.0 Å². The van der Waals surface area contributed by atoms with Gasteiger partial charge in [0.2, 0.25) is 0 Å². The number of carboxylic acid groups (broad SMARTS) is 1. The van der Waals surface area contributed by atoms with E-state index < -0.39 is 17.9 Å². The molecule has 2 N–H and O–H groups in total. The Morgan fingerprint density at radius 2 is 1.95 bits per heavy atom. The Bertz CT molecular complexity index is 549. The number of aliphatic carboxylic acids is 1. The van der Waals surface area contributed by atoms with Crippen LogP contribution in [0.2, 0.25) is 0 Å². The molecule has 1 amide bonds. The molecule has 7 heteroatoms. The SMILES string of the molecule is CCC(C)[C@H](NC(=O)c1c(C)nc(C)nc1SC)C(=O)O. The Balaban J connectivity index is 3.11. The van der Waals surface area contributed by atoms with Crippen LogP contribution >= 0.6 is 11.8 Å². The quantitative estimate of drug-likeness (QED) is 0.617. The van der Waals surface area contributed by atoms with Crippen molar-refractivity contribution in [3.63, 3.8) is 0 Å². The molecular formula is C14H21N3O3S. The molecule has 0 saturated heterocycles. The van der Waals surface area contributed by atoms with Gasteiger partial charge in [0.15, 0.2) is 0 Å². The topological polar surface area (TPSA) is 92.2 Å². The highest BCUT2D eigenvalue weighted by molar-refractivity contribution is 7.98. The van der Waals surface area contributed by atoms with Crippen LogP contribution in [0, 0.1) is 19.8 Å². The van der Waals surface area contributed by atoms with Crippen molar-refractivity contribution in [2.75, 3.05) is 6.26 Å². The summed E-state index contributed by atoms with van der Waals surface area (Å²) in [5, 5.41) is 12.4. The molecule has 1 rings (SSSR count). The number of hydrogen-bond acceptors (Lipinski definition) is 5. The molecule has 0 saturated carbocycles. The second-order valence-corrected chi connectivity index (χ2v) is 5.71. The molecule has 116 valence electrons. The lowest BCUT2D eigenvalue weighted by Crippen LogP contribution is -2.45. The third kappa shape index (κ3) is 4.17. The van der Waals surface area contributed by atoms with Crippen LogP contribution in [0.1, 0.15) is 42.1 Å². The molecule has 0 aliphatic carbocycles. The van der Waals surface area contributed by atoms with E-state index in [-0.39, 0.29) is 5.92 Å². The second kappa shape index (κ2) is 7.40. The molecule has 0 fully saturated rings. The molecule has 1 unspecified atom stereocenters. The molecule has 1 aromatic heterocycles. The third-order valence-electron chi connectivity index (χ3n) is 3.35. The fraction of sp³-hybridized carbons (Fsp3) is 0.571. The molecular weight excluding hydrogens is 290 g/mol. The monoisotopic (exact) mass is 311 g/mol. The summed E-state index contributed by atoms with van der Waals surface area (Å²) in [6.07, 6.45) is 2.48. The highest BCUT2D eigenvalue weighted by Crippen LogP contribution is 2.21. The summed E-state index contributed by atoms with van der Waals surface area (Å²) >= 11 is 1.34. The number of rotatable bonds is 6. The Hall–Kier alpha value is -1.63. The number of carboxylic acids is 1. The van der Waals surface area contributed by atoms with Gasteiger partial charge in [0.05, 0.1) is 11.3 Å². The Morgan fingerprint density at radius 3 is 2.43 bits per heavy atom. The normalized spacial score (nSPS) is 13.6. The second-order valence-electron chi connectivity index (χ2n) is 4.92. The summed E-state index contributed by atoms with van der Waals surface area (Å²) in [5.41, 5.74) is 0.903. The van der Waals surface area contributed by atoms with Crippen molar-refractivity contribution in [2.24, 2.45) is 5.92 Å². The molecule has 0 aromatic carbocycles. The van der Waals surface area contributed by atoms with E-state index in [1.165, 1.54) is 11.8 Å². The van der Waals surface area contributed by atoms with Crippen LogP contribution in [0.25, 0.3) is 0 Å². The summed E-state index contributed by atoms with van der Waals surface area (Å²) < 4.78 is 0. The summed E-state index contributed by atoms with van der Waals surface area (Å²) in [6, 6.07) is -0.919. The van der Waals surface area contributed by atoms with E-state index in [1.54, 1.807) is 20.8 Å². The van der Waals surface area contributed by atoms with Crippen molar-refractivity contribution in [1.29, 1.82) is 0 Å². The van der Waals surface area contributed by atoms with E-state index in [0.717, 1.165) is 0 Å². The van der Waals surface area contributed by atoms with Gasteiger partial charge < -0.3 is 10.4 Å². The van der Waals surface area contributed by atoms with Crippen LogP contribution in [0.15, 0.2) is 5.03 Å². The molecule has 21 heavy (non-hydrogen) atoms. The Labute approximate surface area is 128 Å². The van der Waals surface area contributed by atoms with Crippen molar-refractivity contribution in [3.05, 3.63) is 17.1 Å². The molecule has 0 radical (unpaired) electrons. The smallest absolute Gasteiger partial charge is 0.326 e. The van der Waals surface area contributed by atoms with Crippen LogP contribution in [0.5, 0.6) is 0 Å². The zero-order valence-electron chi connectivity index (χ0n) is 12.9. The first-order valence-electron chi connectivity index (χ1n) is 6.74. The molecule has 0 bridgehead atoms. The van der Waals surface area contributed by atoms with Gasteiger partial charge in [-0.1, -0.05) is 20.3 Å². The van der Waals surface area contributed by atoms with Gasteiger partial charge in [0.1, 0.15) is 16.9 Å². The molecule has 1 aromatic rings. The highest BCUT2D eigenvalue weighted by atomic mass is 32.2. The van der Waals surface area contributed by atoms with Crippen LogP contribution in [-0.2, 0) is 4.79 Å². The fourth-order valence-corrected chi connectivity index (χ4v) is 2.65. The number of amides is 1. The van der Waals surface area contributed by atoms with E-state index in [1.807, 2.05) is 13.2 Å². The van der Waals surface area contributed by atoms with Gasteiger partial charge in [-0.15, -0.1) is 11.8 Å². The lowest BCUT2D eigenvalue weighted by atomic mass is 9.99. The average molecular weight is 311 g/mol. The standard InChI is InChI=1S/C14H21N3O3S/c1-6-7(2)11(14(19)20)17-12(18)10-8(3)15-9(4)16-13(10)21-5/h7,11H,6H2,1-5H3,(H,17,18)(H,19,20)/t7?,11-/m0/s1. The number of hydrogen-bond donors (Lipinski definition) is 2. The van der Waals surface area contributed by atoms with Gasteiger partial charge in [-0.2, -0.15) is 0 Å². The minimum Gasteiger partial charge on any atom is -0.480 e. The van der Waals surface area contributed by atoms with Gasteiger partial charge in [0.25, 0.3) is 5.91 Å². The highest BCUT2D eigenvalue weighted by Gasteiger charge is 2.28. The van der Waals surface area contributed by atoms with Gasteiger partial charge in [-0.3, -0.25) is 4.79 Å². The van der Waals surface area contributed by atoms with Crippen molar-refractivity contribution >= 4 is 23.6 Å². The van der Waals surface area contributed by atoms with Crippen LogP contribution in [-0.4, -0.2) is 39.2 Å². The zero-order chi connectivity index (χ0) is 16.2. The Morgan fingerprint density at radius 1 is 1.33 bits per heavy atom. The first kappa shape index (κ1) is 17.4. The number of nitrogens with zero attached hydrogens (tertiary/aromatic N) is 2. The number of carbonyl (C=O) groups excluding carboxylic acids is 1. The summed E-state index contributed by atoms with van der Waals surface area (Å²) in [4.78, 5) is 32.2. The van der Waals surface area contributed by atoms with E-state index in [0.29, 0.717) is 28.5 Å². The maximum Gasteiger partial charge on any atom is 0.326 e. The van der Waals surface area contributed by atoms with Crippen molar-refractivity contribution in [3.8, 4) is 0 Å². The first-order chi connectivity index (χ1) is 9.81. The Kier molecular flexibility index (Phi) is 6.14. The van der Waals surface area contributed by atoms with Crippen LogP contribution in [0.3, 0.4) is 0 Å². The summed E-state index contributed by atoms with van der Waals surface area (Å²) in [7, 11) is 0. The maximum absolute atomic E-state index is 12.4. The van der Waals surface area contributed by atoms with E-state index in [9.17, 15) is 14.7 Å². The van der Waals surface area contributed by atoms with Gasteiger partial charge >= 0.3 is 5.97 Å². The van der Waals surface area contributed by atoms with Crippen molar-refractivity contribution < 1.29 is 14.7 Å². The van der Waals surface area contributed by atoms with Crippen molar-refractivity contribution in [1.82, 2.24) is 15.3 Å². The molecule has 0 spiro atoms. The predicted molar refractivity (Wildman–Crippen MR) is 81.6 cm³/mol. The van der Waals surface area contributed by atoms with E-state index in [2.05, 4.69) is 15.3 Å². The number of carbonyl (C=O) groups is 2. The lowest BCUT2D eigenvalue weighted by molar-refractivity contribution is -0.140. The number of aryl methyl sites for hydroxylation is 2. The molecule has 1 heterocycles. The minimum atomic E-state index is -1.03. The third-order valence-corrected chi connectivity index (χ3v) is 4.04. The average Bonchev–Trinajstić information content (AvgIpc) is 2.42. The zero-order valence-corrected chi connectivity index (χ0v) is 13.7. The number of aromatic nitrogens is 2. The van der Waals surface area contributed by atoms with Crippen LogP contribution in [0.4, 0.5) is 0 Å².